The van der Waals surface area contributed by atoms with Gasteiger partial charge in [-0.05, 0) is 84.6 Å². The van der Waals surface area contributed by atoms with Crippen LogP contribution in [0, 0.1) is 5.92 Å². The van der Waals surface area contributed by atoms with E-state index in [2.05, 4.69) is 4.74 Å². The first-order valence-electron chi connectivity index (χ1n) is 21.1. The van der Waals surface area contributed by atoms with E-state index in [9.17, 15) is 52.8 Å². The zero-order valence-corrected chi connectivity index (χ0v) is 35.8. The van der Waals surface area contributed by atoms with Crippen LogP contribution in [0.1, 0.15) is 106 Å². The van der Waals surface area contributed by atoms with Crippen LogP contribution in [0.5, 0.6) is 23.0 Å². The van der Waals surface area contributed by atoms with Gasteiger partial charge in [-0.25, -0.2) is 19.4 Å². The molecule has 0 radical (unpaired) electrons. The number of hydrogen-bond acceptors (Lipinski definition) is 12. The number of alkyl halides is 3. The Kier molecular flexibility index (Phi) is 16.1. The SMILES string of the molecule is CON(Cc1cccc([C@@H]2C/C=C/CC/C=C/C(OC(=O)C(F)(F)F)=C/c3cc(O)cc(O)c3C(=O)O2)c1)C(=O)CC1CC/C=C/C[C@@H](c2ccccc2)OC(=O)c2c(O)cc(O)cc2C1. The van der Waals surface area contributed by atoms with E-state index in [0.717, 1.165) is 41.0 Å². The Balaban J connectivity index is 1.23. The van der Waals surface area contributed by atoms with Crippen LogP contribution in [-0.4, -0.2) is 62.6 Å². The third kappa shape index (κ3) is 12.9. The molecule has 66 heavy (non-hydrogen) atoms. The van der Waals surface area contributed by atoms with E-state index >= 15 is 0 Å². The third-order valence-corrected chi connectivity index (χ3v) is 10.8. The number of aromatic hydroxyl groups is 4. The summed E-state index contributed by atoms with van der Waals surface area (Å²) >= 11 is 0. The fourth-order valence-corrected chi connectivity index (χ4v) is 7.66. The summed E-state index contributed by atoms with van der Waals surface area (Å²) in [6.45, 7) is -0.0584. The van der Waals surface area contributed by atoms with Crippen molar-refractivity contribution in [3.8, 4) is 23.0 Å². The lowest BCUT2D eigenvalue weighted by Crippen LogP contribution is -2.31. The Labute approximate surface area is 378 Å². The van der Waals surface area contributed by atoms with Crippen LogP contribution in [0.25, 0.3) is 6.08 Å². The summed E-state index contributed by atoms with van der Waals surface area (Å²) in [7, 11) is 1.33. The second-order valence-corrected chi connectivity index (χ2v) is 15.7. The van der Waals surface area contributed by atoms with E-state index in [1.165, 1.54) is 19.3 Å². The maximum atomic E-state index is 14.0. The van der Waals surface area contributed by atoms with Gasteiger partial charge < -0.3 is 34.6 Å². The maximum Gasteiger partial charge on any atom is 0.491 e. The van der Waals surface area contributed by atoms with E-state index < -0.39 is 76.7 Å². The predicted molar refractivity (Wildman–Crippen MR) is 233 cm³/mol. The first-order valence-corrected chi connectivity index (χ1v) is 21.1. The topological polar surface area (TPSA) is 189 Å². The molecule has 4 N–H and O–H groups in total. The molecular formula is C50H48F3NO12. The highest BCUT2D eigenvalue weighted by molar-refractivity contribution is 5.97. The van der Waals surface area contributed by atoms with Gasteiger partial charge in [0.1, 0.15) is 52.1 Å². The number of benzene rings is 4. The number of nitrogens with zero attached hydrogens (tertiary/aromatic N) is 1. The van der Waals surface area contributed by atoms with Gasteiger partial charge in [0.2, 0.25) is 5.91 Å². The Bertz CT molecular complexity index is 2530. The van der Waals surface area contributed by atoms with E-state index in [0.29, 0.717) is 48.8 Å². The fraction of sp³-hybridized carbons (Fsp3) is 0.280. The first-order chi connectivity index (χ1) is 31.6. The van der Waals surface area contributed by atoms with Crippen LogP contribution in [0.4, 0.5) is 13.2 Å². The van der Waals surface area contributed by atoms with Crippen molar-refractivity contribution in [1.29, 1.82) is 0 Å². The van der Waals surface area contributed by atoms with Crippen LogP contribution in [-0.2, 0) is 41.6 Å². The molecule has 2 aliphatic heterocycles. The van der Waals surface area contributed by atoms with Crippen LogP contribution in [0.3, 0.4) is 0 Å². The molecule has 0 fully saturated rings. The lowest BCUT2D eigenvalue weighted by atomic mass is 9.88. The zero-order valence-electron chi connectivity index (χ0n) is 35.8. The van der Waals surface area contributed by atoms with E-state index in [1.807, 2.05) is 42.5 Å². The molecule has 0 spiro atoms. The van der Waals surface area contributed by atoms with Gasteiger partial charge in [0.15, 0.2) is 0 Å². The Morgan fingerprint density at radius 3 is 2.06 bits per heavy atom. The molecule has 0 aliphatic carbocycles. The standard InChI is InChI=1S/C50H48F3NO12/c1-63-54(44(59)24-31-14-7-5-12-20-42(33-16-8-6-9-17-33)65-47(60)45-35(22-31)25-37(55)28-40(45)57)30-32-15-13-18-34(23-32)43-21-11-4-2-3-10-19-39(64-49(62)50(51,52)53)27-36-26-38(56)29-41(58)46(36)48(61)66-43/h4-6,8-13,15-19,23,25-29,31,42-43,55-58H,2-3,7,14,20-22,24,30H2,1H3/b11-4+,12-5+,19-10+,39-27-/t31?,42-,43-/m0/s1. The minimum absolute atomic E-state index is 0.0524. The van der Waals surface area contributed by atoms with Crippen molar-refractivity contribution in [3.63, 3.8) is 0 Å². The van der Waals surface area contributed by atoms with Gasteiger partial charge in [-0.3, -0.25) is 9.63 Å². The number of ether oxygens (including phenoxy) is 3. The molecule has 0 saturated heterocycles. The summed E-state index contributed by atoms with van der Waals surface area (Å²) in [4.78, 5) is 58.9. The quantitative estimate of drug-likeness (QED) is 0.0568. The molecule has 1 unspecified atom stereocenters. The molecule has 0 saturated carbocycles. The third-order valence-electron chi connectivity index (χ3n) is 10.8. The van der Waals surface area contributed by atoms with Crippen molar-refractivity contribution in [2.45, 2.75) is 76.3 Å². The van der Waals surface area contributed by atoms with E-state index in [1.54, 1.807) is 36.4 Å². The first kappa shape index (κ1) is 48.1. The van der Waals surface area contributed by atoms with Gasteiger partial charge in [-0.15, -0.1) is 0 Å². The fourth-order valence-electron chi connectivity index (χ4n) is 7.66. The summed E-state index contributed by atoms with van der Waals surface area (Å²) in [5, 5.41) is 43.6. The predicted octanol–water partition coefficient (Wildman–Crippen LogP) is 9.93. The number of fused-ring (bicyclic) bond motifs is 2. The summed E-state index contributed by atoms with van der Waals surface area (Å²) in [6, 6.07) is 20.3. The minimum atomic E-state index is -5.34. The number of phenols is 4. The second kappa shape index (κ2) is 22.0. The number of hydrogen-bond donors (Lipinski definition) is 4. The zero-order chi connectivity index (χ0) is 47.4. The Morgan fingerprint density at radius 2 is 1.36 bits per heavy atom. The van der Waals surface area contributed by atoms with Crippen LogP contribution >= 0.6 is 0 Å². The van der Waals surface area contributed by atoms with Crippen LogP contribution < -0.4 is 0 Å². The van der Waals surface area contributed by atoms with Crippen molar-refractivity contribution in [1.82, 2.24) is 5.06 Å². The van der Waals surface area contributed by atoms with E-state index in [4.69, 9.17) is 14.3 Å². The highest BCUT2D eigenvalue weighted by Gasteiger charge is 2.41. The molecule has 0 aromatic heterocycles. The number of allylic oxidation sites excluding steroid dienone is 4. The van der Waals surface area contributed by atoms with Crippen molar-refractivity contribution in [3.05, 3.63) is 160 Å². The number of esters is 3. The van der Waals surface area contributed by atoms with Crippen molar-refractivity contribution < 1.29 is 71.8 Å². The number of cyclic esters (lactones) is 2. The summed E-state index contributed by atoms with van der Waals surface area (Å²) in [6.07, 6.45) is 6.24. The van der Waals surface area contributed by atoms with Gasteiger partial charge in [0, 0.05) is 37.0 Å². The maximum absolute atomic E-state index is 14.0. The number of rotatable bonds is 8. The smallest absolute Gasteiger partial charge is 0.491 e. The van der Waals surface area contributed by atoms with Gasteiger partial charge in [-0.1, -0.05) is 85.0 Å². The van der Waals surface area contributed by atoms with Gasteiger partial charge >= 0.3 is 24.1 Å². The average molecular weight is 912 g/mol. The summed E-state index contributed by atoms with van der Waals surface area (Å²) in [5.41, 5.74) is 1.19. The Hall–Kier alpha value is -7.33. The molecular weight excluding hydrogens is 864 g/mol. The number of phenolic OH excluding ortho intramolecular Hbond substituents is 4. The summed E-state index contributed by atoms with van der Waals surface area (Å²) < 4.78 is 55.8. The number of halogens is 3. The molecule has 1 amide bonds. The molecule has 346 valence electrons. The molecule has 16 heteroatoms. The molecule has 3 atom stereocenters. The molecule has 2 aliphatic rings. The molecule has 0 bridgehead atoms. The lowest BCUT2D eigenvalue weighted by molar-refractivity contribution is -0.194. The Morgan fingerprint density at radius 1 is 0.742 bits per heavy atom. The largest absolute Gasteiger partial charge is 0.508 e. The molecule has 6 rings (SSSR count). The number of carbonyl (C=O) groups excluding carboxylic acids is 4. The van der Waals surface area contributed by atoms with Crippen molar-refractivity contribution >= 4 is 29.9 Å². The number of carbonyl (C=O) groups is 4. The molecule has 13 nitrogen and oxygen atoms in total. The molecule has 4 aromatic carbocycles. The van der Waals surface area contributed by atoms with Crippen LogP contribution in [0.15, 0.2) is 121 Å². The average Bonchev–Trinajstić information content (AvgIpc) is 3.25. The molecule has 2 heterocycles. The normalized spacial score (nSPS) is 20.7. The number of amides is 1. The van der Waals surface area contributed by atoms with Crippen LogP contribution in [0.2, 0.25) is 0 Å². The van der Waals surface area contributed by atoms with Crippen molar-refractivity contribution in [2.75, 3.05) is 7.11 Å². The molecule has 4 aromatic rings. The van der Waals surface area contributed by atoms with Gasteiger partial charge in [0.05, 0.1) is 13.7 Å². The number of hydroxylamine groups is 2. The van der Waals surface area contributed by atoms with Crippen molar-refractivity contribution in [2.24, 2.45) is 5.92 Å². The van der Waals surface area contributed by atoms with Gasteiger partial charge in [-0.2, -0.15) is 13.2 Å². The van der Waals surface area contributed by atoms with E-state index in [-0.39, 0.29) is 42.7 Å². The minimum Gasteiger partial charge on any atom is -0.508 e. The highest BCUT2D eigenvalue weighted by atomic mass is 19.4. The second-order valence-electron chi connectivity index (χ2n) is 15.7. The lowest BCUT2D eigenvalue weighted by Gasteiger charge is -2.25. The summed E-state index contributed by atoms with van der Waals surface area (Å²) in [5.74, 6) is -7.85. The monoisotopic (exact) mass is 911 g/mol. The highest BCUT2D eigenvalue weighted by Crippen LogP contribution is 2.36. The van der Waals surface area contributed by atoms with Gasteiger partial charge in [0.25, 0.3) is 0 Å².